The lowest BCUT2D eigenvalue weighted by atomic mass is 9.70. The number of hydrogen-bond acceptors (Lipinski definition) is 3. The highest BCUT2D eigenvalue weighted by Gasteiger charge is 2.39. The van der Waals surface area contributed by atoms with E-state index in [1.165, 1.54) is 42.5 Å². The molecule has 0 spiro atoms. The van der Waals surface area contributed by atoms with Gasteiger partial charge in [-0.3, -0.25) is 10.2 Å². The van der Waals surface area contributed by atoms with Crippen LogP contribution < -0.4 is 10.3 Å². The number of piperazine rings is 1. The van der Waals surface area contributed by atoms with Gasteiger partial charge in [0.25, 0.3) is 0 Å². The molecule has 1 aromatic rings. The van der Waals surface area contributed by atoms with E-state index < -0.39 is 0 Å². The molecule has 1 amide bonds. The molecule has 1 heterocycles. The van der Waals surface area contributed by atoms with Crippen LogP contribution >= 0.6 is 0 Å². The fraction of sp³-hybridized carbons (Fsp3) is 0.696. The Bertz CT molecular complexity index is 608. The van der Waals surface area contributed by atoms with Gasteiger partial charge in [-0.25, -0.2) is 5.01 Å². The van der Waals surface area contributed by atoms with Crippen LogP contribution in [0.1, 0.15) is 69.4 Å². The van der Waals surface area contributed by atoms with Crippen LogP contribution in [0.15, 0.2) is 18.2 Å². The summed E-state index contributed by atoms with van der Waals surface area (Å²) in [7, 11) is 0. The zero-order valence-electron chi connectivity index (χ0n) is 17.5. The van der Waals surface area contributed by atoms with Crippen molar-refractivity contribution in [2.75, 3.05) is 31.1 Å². The van der Waals surface area contributed by atoms with Crippen molar-refractivity contribution in [3.8, 4) is 0 Å². The Morgan fingerprint density at radius 3 is 2.26 bits per heavy atom. The van der Waals surface area contributed by atoms with E-state index in [4.69, 9.17) is 0 Å². The lowest BCUT2D eigenvalue weighted by Crippen LogP contribution is -2.57. The van der Waals surface area contributed by atoms with Crippen molar-refractivity contribution in [2.24, 2.45) is 5.41 Å². The summed E-state index contributed by atoms with van der Waals surface area (Å²) >= 11 is 0. The number of aryl methyl sites for hydroxylation is 2. The molecular formula is C23H37N3O. The van der Waals surface area contributed by atoms with E-state index >= 15 is 0 Å². The van der Waals surface area contributed by atoms with Crippen molar-refractivity contribution in [3.05, 3.63) is 29.3 Å². The summed E-state index contributed by atoms with van der Waals surface area (Å²) in [6, 6.07) is 6.51. The fourth-order valence-electron chi connectivity index (χ4n) is 4.94. The zero-order valence-corrected chi connectivity index (χ0v) is 17.5. The van der Waals surface area contributed by atoms with Crippen LogP contribution in [0.25, 0.3) is 0 Å². The van der Waals surface area contributed by atoms with E-state index in [1.54, 1.807) is 0 Å². The van der Waals surface area contributed by atoms with Crippen molar-refractivity contribution < 1.29 is 4.79 Å². The highest BCUT2D eigenvalue weighted by atomic mass is 16.2. The number of unbranched alkanes of at least 4 members (excludes halogenated alkanes) is 1. The minimum Gasteiger partial charge on any atom is -0.368 e. The molecule has 0 aromatic heterocycles. The van der Waals surface area contributed by atoms with Crippen LogP contribution in [-0.2, 0) is 4.79 Å². The topological polar surface area (TPSA) is 35.6 Å². The Balaban J connectivity index is 1.58. The number of nitrogens with zero attached hydrogens (tertiary/aromatic N) is 2. The monoisotopic (exact) mass is 371 g/mol. The van der Waals surface area contributed by atoms with Gasteiger partial charge in [0, 0.05) is 31.9 Å². The van der Waals surface area contributed by atoms with Crippen LogP contribution in [0.2, 0.25) is 0 Å². The van der Waals surface area contributed by atoms with Gasteiger partial charge in [-0.2, -0.15) is 0 Å². The molecule has 27 heavy (non-hydrogen) atoms. The van der Waals surface area contributed by atoms with E-state index in [-0.39, 0.29) is 11.3 Å². The van der Waals surface area contributed by atoms with E-state index in [2.05, 4.69) is 54.3 Å². The van der Waals surface area contributed by atoms with Crippen molar-refractivity contribution in [1.29, 1.82) is 0 Å². The molecule has 0 unspecified atom stereocenters. The van der Waals surface area contributed by atoms with Gasteiger partial charge in [0.1, 0.15) is 0 Å². The number of rotatable bonds is 6. The molecular weight excluding hydrogens is 334 g/mol. The number of benzene rings is 1. The Morgan fingerprint density at radius 1 is 1.04 bits per heavy atom. The molecule has 0 bridgehead atoms. The van der Waals surface area contributed by atoms with Gasteiger partial charge in [-0.1, -0.05) is 57.2 Å². The van der Waals surface area contributed by atoms with E-state index in [0.717, 1.165) is 51.9 Å². The second-order valence-electron chi connectivity index (χ2n) is 8.60. The maximum absolute atomic E-state index is 13.2. The molecule has 0 radical (unpaired) electrons. The van der Waals surface area contributed by atoms with Gasteiger partial charge in [0.05, 0.1) is 5.41 Å². The number of nitrogens with one attached hydrogen (secondary N) is 1. The Labute approximate surface area is 165 Å². The summed E-state index contributed by atoms with van der Waals surface area (Å²) in [5.74, 6) is 0.288. The third-order valence-corrected chi connectivity index (χ3v) is 6.60. The summed E-state index contributed by atoms with van der Waals surface area (Å²) < 4.78 is 0. The molecule has 4 heteroatoms. The van der Waals surface area contributed by atoms with Crippen molar-refractivity contribution in [1.82, 2.24) is 10.4 Å². The highest BCUT2D eigenvalue weighted by molar-refractivity contribution is 5.82. The average molecular weight is 372 g/mol. The van der Waals surface area contributed by atoms with Crippen molar-refractivity contribution in [2.45, 2.75) is 72.1 Å². The predicted molar refractivity (Wildman–Crippen MR) is 113 cm³/mol. The van der Waals surface area contributed by atoms with Gasteiger partial charge in [0.2, 0.25) is 5.91 Å². The molecule has 1 aliphatic carbocycles. The molecule has 1 aromatic carbocycles. The first-order valence-electron chi connectivity index (χ1n) is 10.9. The zero-order chi connectivity index (χ0) is 19.3. The first-order chi connectivity index (χ1) is 13.1. The van der Waals surface area contributed by atoms with E-state index in [9.17, 15) is 4.79 Å². The molecule has 0 atom stereocenters. The first kappa shape index (κ1) is 20.2. The molecule has 2 aliphatic rings. The summed E-state index contributed by atoms with van der Waals surface area (Å²) in [6.07, 6.45) is 9.22. The lowest BCUT2D eigenvalue weighted by Gasteiger charge is -2.41. The largest absolute Gasteiger partial charge is 0.368 e. The second kappa shape index (κ2) is 9.09. The first-order valence-corrected chi connectivity index (χ1v) is 10.9. The Hall–Kier alpha value is -1.55. The Morgan fingerprint density at radius 2 is 1.67 bits per heavy atom. The molecule has 3 rings (SSSR count). The van der Waals surface area contributed by atoms with Crippen LogP contribution in [0.5, 0.6) is 0 Å². The smallest absolute Gasteiger partial charge is 0.240 e. The predicted octanol–water partition coefficient (Wildman–Crippen LogP) is 4.60. The summed E-state index contributed by atoms with van der Waals surface area (Å²) in [4.78, 5) is 15.7. The van der Waals surface area contributed by atoms with Gasteiger partial charge in [0.15, 0.2) is 0 Å². The minimum atomic E-state index is -0.113. The lowest BCUT2D eigenvalue weighted by molar-refractivity contribution is -0.139. The molecule has 1 saturated heterocycles. The standard InChI is InChI=1S/C23H37N3O/c1-4-5-12-23(13-7-6-8-14-23)22(27)24-26-17-15-25(16-18-26)21-19(2)10-9-11-20(21)3/h9-11H,4-8,12-18H2,1-3H3,(H,24,27). The van der Waals surface area contributed by atoms with Gasteiger partial charge in [-0.15, -0.1) is 0 Å². The van der Waals surface area contributed by atoms with Crippen molar-refractivity contribution >= 4 is 11.6 Å². The summed E-state index contributed by atoms with van der Waals surface area (Å²) in [5, 5.41) is 2.16. The quantitative estimate of drug-likeness (QED) is 0.794. The number of hydrazine groups is 1. The molecule has 1 saturated carbocycles. The van der Waals surface area contributed by atoms with Crippen LogP contribution in [0.3, 0.4) is 0 Å². The Kier molecular flexibility index (Phi) is 6.80. The van der Waals surface area contributed by atoms with Gasteiger partial charge >= 0.3 is 0 Å². The number of para-hydroxylation sites is 1. The summed E-state index contributed by atoms with van der Waals surface area (Å²) in [6.45, 7) is 10.3. The number of carbonyl (C=O) groups is 1. The van der Waals surface area contributed by atoms with Crippen LogP contribution in [0, 0.1) is 19.3 Å². The van der Waals surface area contributed by atoms with Crippen molar-refractivity contribution in [3.63, 3.8) is 0 Å². The summed E-state index contributed by atoms with van der Waals surface area (Å²) in [5.41, 5.74) is 7.25. The minimum absolute atomic E-state index is 0.113. The number of carbonyl (C=O) groups excluding carboxylic acids is 1. The number of hydrogen-bond donors (Lipinski definition) is 1. The number of anilines is 1. The highest BCUT2D eigenvalue weighted by Crippen LogP contribution is 2.41. The third-order valence-electron chi connectivity index (χ3n) is 6.60. The van der Waals surface area contributed by atoms with E-state index in [1.807, 2.05) is 0 Å². The molecule has 4 nitrogen and oxygen atoms in total. The normalized spacial score (nSPS) is 20.5. The fourth-order valence-corrected chi connectivity index (χ4v) is 4.94. The second-order valence-corrected chi connectivity index (χ2v) is 8.60. The maximum Gasteiger partial charge on any atom is 0.240 e. The third kappa shape index (κ3) is 4.66. The number of amides is 1. The van der Waals surface area contributed by atoms with Crippen LogP contribution in [-0.4, -0.2) is 37.1 Å². The van der Waals surface area contributed by atoms with E-state index in [0.29, 0.717) is 0 Å². The molecule has 2 fully saturated rings. The maximum atomic E-state index is 13.2. The average Bonchev–Trinajstić information content (AvgIpc) is 2.68. The SMILES string of the molecule is CCCCC1(C(=O)NN2CCN(c3c(C)cccc3C)CC2)CCCCC1. The molecule has 1 aliphatic heterocycles. The molecule has 150 valence electrons. The molecule has 1 N–H and O–H groups in total. The van der Waals surface area contributed by atoms with Gasteiger partial charge < -0.3 is 4.90 Å². The van der Waals surface area contributed by atoms with Gasteiger partial charge in [-0.05, 0) is 44.2 Å². The van der Waals surface area contributed by atoms with Crippen LogP contribution in [0.4, 0.5) is 5.69 Å².